The fourth-order valence-electron chi connectivity index (χ4n) is 2.22. The van der Waals surface area contributed by atoms with Gasteiger partial charge in [-0.15, -0.1) is 5.10 Å². The number of aromatic nitrogens is 2. The number of rotatable bonds is 6. The number of ether oxygens (including phenoxy) is 1. The monoisotopic (exact) mass is 330 g/mol. The minimum atomic E-state index is -0.905. The average molecular weight is 330 g/mol. The van der Waals surface area contributed by atoms with Gasteiger partial charge in [0.2, 0.25) is 0 Å². The van der Waals surface area contributed by atoms with Gasteiger partial charge in [0, 0.05) is 0 Å². The van der Waals surface area contributed by atoms with E-state index in [4.69, 9.17) is 13.6 Å². The second-order valence-corrected chi connectivity index (χ2v) is 5.57. The molecule has 3 aromatic rings. The predicted molar refractivity (Wildman–Crippen MR) is 85.9 cm³/mol. The standard InChI is InChI=1S/C17H18N2O5/c1-11-5-6-12(2)15(8-11)23-10-13(20)9-19-17(21)24-16(18-19)14-4-3-7-22-14/h3-8,13,20H,9-10H2,1-2H3/t13-/m1/s1. The van der Waals surface area contributed by atoms with Crippen molar-refractivity contribution in [1.82, 2.24) is 9.78 Å². The largest absolute Gasteiger partial charge is 0.491 e. The van der Waals surface area contributed by atoms with Crippen molar-refractivity contribution in [3.05, 3.63) is 58.3 Å². The molecule has 1 N–H and O–H groups in total. The molecule has 2 aromatic heterocycles. The van der Waals surface area contributed by atoms with Gasteiger partial charge in [0.15, 0.2) is 5.76 Å². The highest BCUT2D eigenvalue weighted by Crippen LogP contribution is 2.19. The molecule has 0 saturated carbocycles. The van der Waals surface area contributed by atoms with Crippen molar-refractivity contribution in [2.24, 2.45) is 0 Å². The van der Waals surface area contributed by atoms with E-state index < -0.39 is 11.9 Å². The lowest BCUT2D eigenvalue weighted by Crippen LogP contribution is -2.29. The first-order valence-electron chi connectivity index (χ1n) is 7.53. The molecule has 0 saturated heterocycles. The molecule has 7 heteroatoms. The van der Waals surface area contributed by atoms with Crippen LogP contribution in [0, 0.1) is 13.8 Å². The Morgan fingerprint density at radius 1 is 1.33 bits per heavy atom. The normalized spacial score (nSPS) is 12.3. The predicted octanol–water partition coefficient (Wildman–Crippen LogP) is 2.15. The molecular weight excluding hydrogens is 312 g/mol. The number of nitrogens with zero attached hydrogens (tertiary/aromatic N) is 2. The van der Waals surface area contributed by atoms with Gasteiger partial charge in [0.05, 0.1) is 12.8 Å². The van der Waals surface area contributed by atoms with Crippen molar-refractivity contribution in [3.8, 4) is 17.4 Å². The maximum absolute atomic E-state index is 11.8. The first-order chi connectivity index (χ1) is 11.5. The fraction of sp³-hybridized carbons (Fsp3) is 0.294. The molecule has 7 nitrogen and oxygen atoms in total. The number of aliphatic hydroxyl groups excluding tert-OH is 1. The van der Waals surface area contributed by atoms with Crippen LogP contribution in [0.2, 0.25) is 0 Å². The van der Waals surface area contributed by atoms with Crippen LogP contribution in [0.15, 0.2) is 50.2 Å². The van der Waals surface area contributed by atoms with Crippen LogP contribution in [-0.2, 0) is 6.54 Å². The third kappa shape index (κ3) is 3.57. The summed E-state index contributed by atoms with van der Waals surface area (Å²) in [6, 6.07) is 9.15. The van der Waals surface area contributed by atoms with Gasteiger partial charge < -0.3 is 18.7 Å². The third-order valence-electron chi connectivity index (χ3n) is 3.50. The molecule has 0 spiro atoms. The minimum absolute atomic E-state index is 0.0338. The molecule has 1 aromatic carbocycles. The first-order valence-corrected chi connectivity index (χ1v) is 7.53. The molecule has 0 fully saturated rings. The summed E-state index contributed by atoms with van der Waals surface area (Å²) < 4.78 is 16.8. The maximum atomic E-state index is 11.8. The summed E-state index contributed by atoms with van der Waals surface area (Å²) in [7, 11) is 0. The molecule has 0 bridgehead atoms. The summed E-state index contributed by atoms with van der Waals surface area (Å²) in [5.74, 6) is 0.477. The van der Waals surface area contributed by atoms with Crippen LogP contribution < -0.4 is 10.5 Å². The second-order valence-electron chi connectivity index (χ2n) is 5.57. The van der Waals surface area contributed by atoms with Crippen LogP contribution in [0.25, 0.3) is 11.7 Å². The Morgan fingerprint density at radius 2 is 2.17 bits per heavy atom. The molecule has 0 radical (unpaired) electrons. The highest BCUT2D eigenvalue weighted by atomic mass is 16.5. The number of benzene rings is 1. The first kappa shape index (κ1) is 16.1. The highest BCUT2D eigenvalue weighted by Gasteiger charge is 2.16. The van der Waals surface area contributed by atoms with Crippen molar-refractivity contribution in [2.45, 2.75) is 26.5 Å². The van der Waals surface area contributed by atoms with Crippen LogP contribution in [0.3, 0.4) is 0 Å². The van der Waals surface area contributed by atoms with Gasteiger partial charge in [-0.05, 0) is 43.2 Å². The molecule has 0 aliphatic heterocycles. The minimum Gasteiger partial charge on any atom is -0.491 e. The maximum Gasteiger partial charge on any atom is 0.437 e. The molecule has 24 heavy (non-hydrogen) atoms. The van der Waals surface area contributed by atoms with Gasteiger partial charge in [0.1, 0.15) is 18.5 Å². The second kappa shape index (κ2) is 6.76. The Hall–Kier alpha value is -2.80. The molecule has 0 aliphatic rings. The summed E-state index contributed by atoms with van der Waals surface area (Å²) in [5.41, 5.74) is 2.05. The Kier molecular flexibility index (Phi) is 4.52. The Labute approximate surface area is 138 Å². The van der Waals surface area contributed by atoms with Gasteiger partial charge in [-0.1, -0.05) is 12.1 Å². The van der Waals surface area contributed by atoms with Crippen LogP contribution in [0.4, 0.5) is 0 Å². The highest BCUT2D eigenvalue weighted by molar-refractivity contribution is 5.42. The van der Waals surface area contributed by atoms with Crippen molar-refractivity contribution in [2.75, 3.05) is 6.61 Å². The lowest BCUT2D eigenvalue weighted by Gasteiger charge is -2.13. The zero-order chi connectivity index (χ0) is 17.1. The number of aryl methyl sites for hydroxylation is 2. The van der Waals surface area contributed by atoms with Crippen molar-refractivity contribution >= 4 is 0 Å². The van der Waals surface area contributed by atoms with Crippen molar-refractivity contribution < 1.29 is 18.7 Å². The van der Waals surface area contributed by atoms with E-state index in [2.05, 4.69) is 5.10 Å². The van der Waals surface area contributed by atoms with Gasteiger partial charge in [-0.2, -0.15) is 4.68 Å². The Bertz CT molecular complexity index is 863. The zero-order valence-electron chi connectivity index (χ0n) is 13.4. The molecule has 3 rings (SSSR count). The topological polar surface area (TPSA) is 90.6 Å². The molecule has 1 atom stereocenters. The van der Waals surface area contributed by atoms with Gasteiger partial charge >= 0.3 is 5.76 Å². The number of hydrogen-bond acceptors (Lipinski definition) is 6. The number of hydrogen-bond donors (Lipinski definition) is 1. The van der Waals surface area contributed by atoms with E-state index in [0.29, 0.717) is 11.5 Å². The molecule has 0 amide bonds. The quantitative estimate of drug-likeness (QED) is 0.745. The SMILES string of the molecule is Cc1ccc(C)c(OC[C@H](O)Cn2nc(-c3ccco3)oc2=O)c1. The molecule has 0 unspecified atom stereocenters. The molecule has 126 valence electrons. The van der Waals surface area contributed by atoms with Gasteiger partial charge in [0.25, 0.3) is 5.89 Å². The van der Waals surface area contributed by atoms with Crippen molar-refractivity contribution in [3.63, 3.8) is 0 Å². The van der Waals surface area contributed by atoms with Crippen LogP contribution in [-0.4, -0.2) is 27.6 Å². The summed E-state index contributed by atoms with van der Waals surface area (Å²) in [5, 5.41) is 14.1. The zero-order valence-corrected chi connectivity index (χ0v) is 13.4. The van der Waals surface area contributed by atoms with E-state index in [1.165, 1.54) is 6.26 Å². The smallest absolute Gasteiger partial charge is 0.437 e. The molecule has 0 aliphatic carbocycles. The van der Waals surface area contributed by atoms with E-state index in [1.54, 1.807) is 12.1 Å². The van der Waals surface area contributed by atoms with E-state index in [9.17, 15) is 9.90 Å². The Balaban J connectivity index is 1.64. The molecular formula is C17H18N2O5. The lowest BCUT2D eigenvalue weighted by atomic mass is 10.1. The van der Waals surface area contributed by atoms with Gasteiger partial charge in [-0.25, -0.2) is 4.79 Å². The van der Waals surface area contributed by atoms with Crippen molar-refractivity contribution in [1.29, 1.82) is 0 Å². The number of aliphatic hydroxyl groups is 1. The number of furan rings is 1. The Morgan fingerprint density at radius 3 is 2.92 bits per heavy atom. The van der Waals surface area contributed by atoms with E-state index in [-0.39, 0.29) is 19.0 Å². The van der Waals surface area contributed by atoms with Gasteiger partial charge in [-0.3, -0.25) is 0 Å². The van der Waals surface area contributed by atoms with E-state index in [1.807, 2.05) is 32.0 Å². The summed E-state index contributed by atoms with van der Waals surface area (Å²) in [6.45, 7) is 3.90. The molecule has 2 heterocycles. The van der Waals surface area contributed by atoms with E-state index >= 15 is 0 Å². The fourth-order valence-corrected chi connectivity index (χ4v) is 2.22. The summed E-state index contributed by atoms with van der Waals surface area (Å²) in [4.78, 5) is 11.8. The average Bonchev–Trinajstić information content (AvgIpc) is 3.19. The van der Waals surface area contributed by atoms with Crippen LogP contribution >= 0.6 is 0 Å². The van der Waals surface area contributed by atoms with Crippen LogP contribution in [0.1, 0.15) is 11.1 Å². The third-order valence-corrected chi connectivity index (χ3v) is 3.50. The van der Waals surface area contributed by atoms with Crippen LogP contribution in [0.5, 0.6) is 5.75 Å². The summed E-state index contributed by atoms with van der Waals surface area (Å²) >= 11 is 0. The summed E-state index contributed by atoms with van der Waals surface area (Å²) in [6.07, 6.45) is 0.554. The van der Waals surface area contributed by atoms with E-state index in [0.717, 1.165) is 15.8 Å². The lowest BCUT2D eigenvalue weighted by molar-refractivity contribution is 0.0872.